The van der Waals surface area contributed by atoms with Gasteiger partial charge in [-0.1, -0.05) is 0 Å². The van der Waals surface area contributed by atoms with Crippen LogP contribution in [-0.4, -0.2) is 27.1 Å². The Morgan fingerprint density at radius 3 is 2.55 bits per heavy atom. The summed E-state index contributed by atoms with van der Waals surface area (Å²) < 4.78 is 96.3. The van der Waals surface area contributed by atoms with Gasteiger partial charge in [-0.2, -0.15) is 5.26 Å². The highest BCUT2D eigenvalue weighted by molar-refractivity contribution is 7.91. The fraction of sp³-hybridized carbons (Fsp3) is 0.278. The van der Waals surface area contributed by atoms with Crippen molar-refractivity contribution in [1.29, 1.82) is 5.26 Å². The zero-order valence-electron chi connectivity index (χ0n) is 14.5. The molecule has 1 unspecified atom stereocenters. The number of nitrogens with zero attached hydrogens (tertiary/aromatic N) is 1. The number of hydrogen-bond donors (Lipinski definition) is 1. The molecule has 1 heterocycles. The van der Waals surface area contributed by atoms with Crippen molar-refractivity contribution >= 4 is 9.84 Å². The molecule has 0 fully saturated rings. The third-order valence-corrected chi connectivity index (χ3v) is 6.04. The number of alkyl halides is 4. The Labute approximate surface area is 162 Å². The lowest BCUT2D eigenvalue weighted by molar-refractivity contribution is 0.139. The molecule has 1 aliphatic heterocycles. The van der Waals surface area contributed by atoms with Gasteiger partial charge in [0.1, 0.15) is 17.3 Å². The van der Waals surface area contributed by atoms with Crippen LogP contribution in [0.15, 0.2) is 35.2 Å². The number of halogens is 5. The largest absolute Gasteiger partial charge is 0.457 e. The first-order valence-corrected chi connectivity index (χ1v) is 9.85. The van der Waals surface area contributed by atoms with E-state index in [4.69, 9.17) is 10.00 Å². The minimum atomic E-state index is -3.97. The number of nitrogens with one attached hydrogen (secondary N) is 1. The van der Waals surface area contributed by atoms with Crippen LogP contribution >= 0.6 is 0 Å². The van der Waals surface area contributed by atoms with Gasteiger partial charge in [-0.3, -0.25) is 0 Å². The summed E-state index contributed by atoms with van der Waals surface area (Å²) in [6.07, 6.45) is -6.01. The molecule has 2 aromatic carbocycles. The second-order valence-electron chi connectivity index (χ2n) is 6.21. The van der Waals surface area contributed by atoms with Crippen LogP contribution in [0, 0.1) is 17.1 Å². The molecular formula is C18H13F5N2O3S. The van der Waals surface area contributed by atoms with E-state index in [0.29, 0.717) is 0 Å². The standard InChI is InChI=1S/C18H13F5N2O3S/c19-10-3-9(6-24)4-11(5-10)28-13-1-2-14-16(17(13)18(22)23)12(8-29(14,26)27)25-7-15(20)21/h1-5,12,15,18,25H,7-8H2. The molecule has 3 rings (SSSR count). The number of hydrogen-bond acceptors (Lipinski definition) is 5. The van der Waals surface area contributed by atoms with Crippen molar-refractivity contribution in [2.45, 2.75) is 23.8 Å². The summed E-state index contributed by atoms with van der Waals surface area (Å²) in [5.41, 5.74) is -1.26. The van der Waals surface area contributed by atoms with Gasteiger partial charge in [0.2, 0.25) is 0 Å². The number of sulfone groups is 1. The quantitative estimate of drug-likeness (QED) is 0.695. The van der Waals surface area contributed by atoms with E-state index < -0.39 is 63.1 Å². The lowest BCUT2D eigenvalue weighted by Gasteiger charge is -2.19. The zero-order valence-corrected chi connectivity index (χ0v) is 15.3. The topological polar surface area (TPSA) is 79.2 Å². The third kappa shape index (κ3) is 4.33. The average molecular weight is 432 g/mol. The second kappa shape index (κ2) is 7.96. The fourth-order valence-corrected chi connectivity index (χ4v) is 4.90. The highest BCUT2D eigenvalue weighted by Gasteiger charge is 2.40. The molecule has 29 heavy (non-hydrogen) atoms. The summed E-state index contributed by atoms with van der Waals surface area (Å²) in [5, 5.41) is 11.2. The zero-order chi connectivity index (χ0) is 21.3. The van der Waals surface area contributed by atoms with Gasteiger partial charge >= 0.3 is 0 Å². The van der Waals surface area contributed by atoms with Gasteiger partial charge in [-0.25, -0.2) is 30.4 Å². The third-order valence-electron chi connectivity index (χ3n) is 4.24. The maximum Gasteiger partial charge on any atom is 0.267 e. The van der Waals surface area contributed by atoms with E-state index in [9.17, 15) is 30.4 Å². The number of rotatable bonds is 6. The maximum absolute atomic E-state index is 13.9. The van der Waals surface area contributed by atoms with Crippen LogP contribution in [0.3, 0.4) is 0 Å². The van der Waals surface area contributed by atoms with Gasteiger partial charge in [0.15, 0.2) is 9.84 Å². The van der Waals surface area contributed by atoms with Crippen molar-refractivity contribution in [2.75, 3.05) is 12.3 Å². The van der Waals surface area contributed by atoms with E-state index in [-0.39, 0.29) is 16.9 Å². The van der Waals surface area contributed by atoms with E-state index in [0.717, 1.165) is 30.3 Å². The van der Waals surface area contributed by atoms with Crippen molar-refractivity contribution < 1.29 is 35.1 Å². The number of benzene rings is 2. The van der Waals surface area contributed by atoms with Crippen LogP contribution in [0.1, 0.15) is 29.2 Å². The van der Waals surface area contributed by atoms with Gasteiger partial charge in [0.05, 0.1) is 34.4 Å². The minimum Gasteiger partial charge on any atom is -0.457 e. The van der Waals surface area contributed by atoms with E-state index in [1.807, 2.05) is 0 Å². The molecular weight excluding hydrogens is 419 g/mol. The lowest BCUT2D eigenvalue weighted by Crippen LogP contribution is -2.28. The van der Waals surface area contributed by atoms with Crippen molar-refractivity contribution in [1.82, 2.24) is 5.32 Å². The molecule has 0 saturated carbocycles. The van der Waals surface area contributed by atoms with Gasteiger partial charge in [-0.15, -0.1) is 0 Å². The van der Waals surface area contributed by atoms with Crippen molar-refractivity contribution in [2.24, 2.45) is 0 Å². The summed E-state index contributed by atoms with van der Waals surface area (Å²) >= 11 is 0. The molecule has 0 aromatic heterocycles. The number of fused-ring (bicyclic) bond motifs is 1. The van der Waals surface area contributed by atoms with E-state index in [1.54, 1.807) is 6.07 Å². The van der Waals surface area contributed by atoms with Gasteiger partial charge < -0.3 is 10.1 Å². The first-order valence-electron chi connectivity index (χ1n) is 8.20. The Bertz CT molecular complexity index is 1080. The van der Waals surface area contributed by atoms with Crippen LogP contribution in [0.5, 0.6) is 11.5 Å². The Hall–Kier alpha value is -2.71. The predicted octanol–water partition coefficient (Wildman–Crippen LogP) is 4.11. The molecule has 0 aliphatic carbocycles. The predicted molar refractivity (Wildman–Crippen MR) is 91.4 cm³/mol. The molecule has 5 nitrogen and oxygen atoms in total. The fourth-order valence-electron chi connectivity index (χ4n) is 3.14. The molecule has 0 bridgehead atoms. The minimum absolute atomic E-state index is 0.112. The number of ether oxygens (including phenoxy) is 1. The second-order valence-corrected chi connectivity index (χ2v) is 8.22. The Morgan fingerprint density at radius 1 is 1.21 bits per heavy atom. The Kier molecular flexibility index (Phi) is 5.77. The summed E-state index contributed by atoms with van der Waals surface area (Å²) in [6.45, 7) is -0.886. The summed E-state index contributed by atoms with van der Waals surface area (Å²) in [6, 6.07) is 5.35. The van der Waals surface area contributed by atoms with E-state index in [2.05, 4.69) is 5.32 Å². The van der Waals surface area contributed by atoms with Crippen LogP contribution in [0.25, 0.3) is 0 Å². The monoisotopic (exact) mass is 432 g/mol. The Morgan fingerprint density at radius 2 is 1.93 bits per heavy atom. The van der Waals surface area contributed by atoms with Crippen molar-refractivity contribution in [3.63, 3.8) is 0 Å². The highest BCUT2D eigenvalue weighted by Crippen LogP contribution is 2.45. The maximum atomic E-state index is 13.9. The van der Waals surface area contributed by atoms with Crippen LogP contribution in [0.2, 0.25) is 0 Å². The first kappa shape index (κ1) is 21.0. The smallest absolute Gasteiger partial charge is 0.267 e. The summed E-state index contributed by atoms with van der Waals surface area (Å²) in [7, 11) is -3.97. The molecule has 0 spiro atoms. The van der Waals surface area contributed by atoms with Gasteiger partial charge in [0, 0.05) is 17.7 Å². The van der Waals surface area contributed by atoms with Crippen molar-refractivity contribution in [3.8, 4) is 17.6 Å². The first-order chi connectivity index (χ1) is 13.6. The normalized spacial score (nSPS) is 17.4. The SMILES string of the molecule is N#Cc1cc(F)cc(Oc2ccc3c(c2C(F)F)C(NCC(F)F)CS3(=O)=O)c1. The molecule has 154 valence electrons. The molecule has 1 N–H and O–H groups in total. The summed E-state index contributed by atoms with van der Waals surface area (Å²) in [4.78, 5) is -0.399. The average Bonchev–Trinajstić information content (AvgIpc) is 2.89. The molecule has 0 saturated heterocycles. The van der Waals surface area contributed by atoms with Crippen LogP contribution in [0.4, 0.5) is 22.0 Å². The van der Waals surface area contributed by atoms with E-state index in [1.165, 1.54) is 0 Å². The molecule has 0 radical (unpaired) electrons. The molecule has 1 aliphatic rings. The molecule has 11 heteroatoms. The Balaban J connectivity index is 2.10. The van der Waals surface area contributed by atoms with Gasteiger partial charge in [0.25, 0.3) is 12.9 Å². The van der Waals surface area contributed by atoms with Crippen LogP contribution < -0.4 is 10.1 Å². The van der Waals surface area contributed by atoms with Crippen molar-refractivity contribution in [3.05, 3.63) is 52.8 Å². The molecule has 2 aromatic rings. The van der Waals surface area contributed by atoms with Crippen LogP contribution in [-0.2, 0) is 9.84 Å². The molecule has 1 atom stereocenters. The van der Waals surface area contributed by atoms with Gasteiger partial charge in [-0.05, 0) is 24.3 Å². The lowest BCUT2D eigenvalue weighted by atomic mass is 10.0. The molecule has 0 amide bonds. The number of nitriles is 1. The highest BCUT2D eigenvalue weighted by atomic mass is 32.2. The van der Waals surface area contributed by atoms with E-state index >= 15 is 0 Å². The summed E-state index contributed by atoms with van der Waals surface area (Å²) in [5.74, 6) is -2.20.